The van der Waals surface area contributed by atoms with Crippen molar-refractivity contribution in [2.75, 3.05) is 0 Å². The van der Waals surface area contributed by atoms with Crippen molar-refractivity contribution in [2.45, 2.75) is 13.5 Å². The average Bonchev–Trinajstić information content (AvgIpc) is 3.23. The van der Waals surface area contributed by atoms with Crippen LogP contribution >= 0.6 is 22.7 Å². The fourth-order valence-corrected chi connectivity index (χ4v) is 2.99. The summed E-state index contributed by atoms with van der Waals surface area (Å²) in [6.45, 7) is 2.26. The Morgan fingerprint density at radius 2 is 2.32 bits per heavy atom. The average molecular weight is 331 g/mol. The molecule has 1 amide bonds. The van der Waals surface area contributed by atoms with Gasteiger partial charge in [0.05, 0.1) is 27.8 Å². The molecule has 0 fully saturated rings. The Balaban J connectivity index is 1.54. The lowest BCUT2D eigenvalue weighted by Crippen LogP contribution is -2.20. The third-order valence-corrected chi connectivity index (χ3v) is 4.42. The van der Waals surface area contributed by atoms with Gasteiger partial charge in [0, 0.05) is 11.5 Å². The van der Waals surface area contributed by atoms with Crippen molar-refractivity contribution < 1.29 is 9.21 Å². The number of nitrogens with one attached hydrogen (secondary N) is 1. The normalized spacial score (nSPS) is 11.1. The smallest absolute Gasteiger partial charge is 0.244 e. The predicted octanol–water partition coefficient (Wildman–Crippen LogP) is 3.50. The molecule has 0 spiro atoms. The van der Waals surface area contributed by atoms with Gasteiger partial charge in [-0.05, 0) is 24.4 Å². The molecule has 0 radical (unpaired) electrons. The lowest BCUT2D eigenvalue weighted by molar-refractivity contribution is -0.116. The van der Waals surface area contributed by atoms with Gasteiger partial charge in [-0.15, -0.1) is 22.7 Å². The lowest BCUT2D eigenvalue weighted by atomic mass is 10.4. The van der Waals surface area contributed by atoms with E-state index in [1.807, 2.05) is 29.8 Å². The molecular weight excluding hydrogens is 318 g/mol. The summed E-state index contributed by atoms with van der Waals surface area (Å²) in [5, 5.41) is 7.61. The standard InChI is InChI=1S/C15H13N3O2S2/c1-10-17-11(9-22-10)4-5-14(19)16-7-12-8-20-15(18-12)13-3-2-6-21-13/h2-6,8-9H,7H2,1H3,(H,16,19)/b5-4+. The first-order chi connectivity index (χ1) is 10.7. The van der Waals surface area contributed by atoms with Gasteiger partial charge in [0.1, 0.15) is 6.26 Å². The molecule has 0 aromatic carbocycles. The molecule has 7 heteroatoms. The molecule has 3 rings (SSSR count). The molecule has 3 aromatic heterocycles. The van der Waals surface area contributed by atoms with Gasteiger partial charge < -0.3 is 9.73 Å². The van der Waals surface area contributed by atoms with Crippen molar-refractivity contribution in [3.63, 3.8) is 0 Å². The first kappa shape index (κ1) is 14.7. The van der Waals surface area contributed by atoms with E-state index in [2.05, 4.69) is 15.3 Å². The van der Waals surface area contributed by atoms with Crippen LogP contribution in [-0.4, -0.2) is 15.9 Å². The summed E-state index contributed by atoms with van der Waals surface area (Å²) in [7, 11) is 0. The van der Waals surface area contributed by atoms with Crippen molar-refractivity contribution >= 4 is 34.7 Å². The van der Waals surface area contributed by atoms with E-state index in [0.29, 0.717) is 18.1 Å². The van der Waals surface area contributed by atoms with Gasteiger partial charge in [-0.25, -0.2) is 9.97 Å². The molecule has 0 saturated heterocycles. The van der Waals surface area contributed by atoms with E-state index in [0.717, 1.165) is 15.6 Å². The number of rotatable bonds is 5. The molecule has 3 aromatic rings. The molecule has 0 aliphatic carbocycles. The number of oxazole rings is 1. The van der Waals surface area contributed by atoms with Crippen molar-refractivity contribution in [3.05, 3.63) is 51.6 Å². The summed E-state index contributed by atoms with van der Waals surface area (Å²) < 4.78 is 5.39. The molecule has 22 heavy (non-hydrogen) atoms. The van der Waals surface area contributed by atoms with Gasteiger partial charge in [-0.1, -0.05) is 6.07 Å². The summed E-state index contributed by atoms with van der Waals surface area (Å²) in [5.41, 5.74) is 1.48. The monoisotopic (exact) mass is 331 g/mol. The van der Waals surface area contributed by atoms with E-state index >= 15 is 0 Å². The molecule has 0 aliphatic heterocycles. The molecule has 0 unspecified atom stereocenters. The van der Waals surface area contributed by atoms with Crippen molar-refractivity contribution in [3.8, 4) is 10.8 Å². The molecule has 1 N–H and O–H groups in total. The van der Waals surface area contributed by atoms with Crippen LogP contribution in [0.25, 0.3) is 16.8 Å². The minimum absolute atomic E-state index is 0.189. The van der Waals surface area contributed by atoms with Crippen molar-refractivity contribution in [1.82, 2.24) is 15.3 Å². The second kappa shape index (κ2) is 6.67. The maximum Gasteiger partial charge on any atom is 0.244 e. The number of carbonyl (C=O) groups excluding carboxylic acids is 1. The maximum atomic E-state index is 11.8. The largest absolute Gasteiger partial charge is 0.443 e. The molecule has 3 heterocycles. The highest BCUT2D eigenvalue weighted by molar-refractivity contribution is 7.13. The number of amides is 1. The zero-order valence-electron chi connectivity index (χ0n) is 11.8. The van der Waals surface area contributed by atoms with Crippen LogP contribution < -0.4 is 5.32 Å². The summed E-state index contributed by atoms with van der Waals surface area (Å²) >= 11 is 3.11. The van der Waals surface area contributed by atoms with Crippen LogP contribution in [0.2, 0.25) is 0 Å². The third kappa shape index (κ3) is 3.69. The van der Waals surface area contributed by atoms with Crippen LogP contribution in [0, 0.1) is 6.92 Å². The number of carbonyl (C=O) groups is 1. The second-order valence-corrected chi connectivity index (χ2v) is 6.47. The molecule has 0 atom stereocenters. The Kier molecular flexibility index (Phi) is 4.45. The van der Waals surface area contributed by atoms with Crippen LogP contribution in [0.4, 0.5) is 0 Å². The first-order valence-corrected chi connectivity index (χ1v) is 8.33. The summed E-state index contributed by atoms with van der Waals surface area (Å²) in [6, 6.07) is 3.88. The molecule has 5 nitrogen and oxygen atoms in total. The van der Waals surface area contributed by atoms with Crippen molar-refractivity contribution in [2.24, 2.45) is 0 Å². The Labute approximate surface area is 135 Å². The zero-order chi connectivity index (χ0) is 15.4. The Morgan fingerprint density at radius 3 is 3.05 bits per heavy atom. The molecular formula is C15H13N3O2S2. The van der Waals surface area contributed by atoms with Gasteiger partial charge in [0.25, 0.3) is 0 Å². The fraction of sp³-hybridized carbons (Fsp3) is 0.133. The molecule has 112 valence electrons. The van der Waals surface area contributed by atoms with E-state index in [-0.39, 0.29) is 5.91 Å². The predicted molar refractivity (Wildman–Crippen MR) is 87.5 cm³/mol. The molecule has 0 saturated carbocycles. The number of thiophene rings is 1. The van der Waals surface area contributed by atoms with Crippen LogP contribution in [0.3, 0.4) is 0 Å². The maximum absolute atomic E-state index is 11.8. The Bertz CT molecular complexity index is 787. The van der Waals surface area contributed by atoms with E-state index in [1.165, 1.54) is 6.08 Å². The lowest BCUT2D eigenvalue weighted by Gasteiger charge is -1.97. The zero-order valence-corrected chi connectivity index (χ0v) is 13.4. The topological polar surface area (TPSA) is 68.0 Å². The van der Waals surface area contributed by atoms with Gasteiger partial charge in [0.15, 0.2) is 0 Å². The number of hydrogen-bond donors (Lipinski definition) is 1. The second-order valence-electron chi connectivity index (χ2n) is 4.46. The molecule has 0 bridgehead atoms. The number of thiazole rings is 1. The highest BCUT2D eigenvalue weighted by atomic mass is 32.1. The van der Waals surface area contributed by atoms with E-state index in [9.17, 15) is 4.79 Å². The van der Waals surface area contributed by atoms with Crippen LogP contribution in [0.15, 0.2) is 39.6 Å². The highest BCUT2D eigenvalue weighted by Gasteiger charge is 2.07. The highest BCUT2D eigenvalue weighted by Crippen LogP contribution is 2.23. The van der Waals surface area contributed by atoms with Crippen molar-refractivity contribution in [1.29, 1.82) is 0 Å². The van der Waals surface area contributed by atoms with E-state index < -0.39 is 0 Å². The van der Waals surface area contributed by atoms with Gasteiger partial charge >= 0.3 is 0 Å². The van der Waals surface area contributed by atoms with Crippen LogP contribution in [0.1, 0.15) is 16.4 Å². The number of hydrogen-bond acceptors (Lipinski definition) is 6. The number of nitrogens with zero attached hydrogens (tertiary/aromatic N) is 2. The third-order valence-electron chi connectivity index (χ3n) is 2.77. The molecule has 0 aliphatic rings. The minimum Gasteiger partial charge on any atom is -0.443 e. The van der Waals surface area contributed by atoms with Gasteiger partial charge in [-0.2, -0.15) is 0 Å². The SMILES string of the molecule is Cc1nc(/C=C/C(=O)NCc2coc(-c3cccs3)n2)cs1. The Morgan fingerprint density at radius 1 is 1.41 bits per heavy atom. The van der Waals surface area contributed by atoms with E-state index in [4.69, 9.17) is 4.42 Å². The fourth-order valence-electron chi connectivity index (χ4n) is 1.76. The Hall–Kier alpha value is -2.25. The van der Waals surface area contributed by atoms with Gasteiger partial charge in [-0.3, -0.25) is 4.79 Å². The summed E-state index contributed by atoms with van der Waals surface area (Å²) in [5.74, 6) is 0.388. The van der Waals surface area contributed by atoms with Crippen LogP contribution in [-0.2, 0) is 11.3 Å². The quantitative estimate of drug-likeness (QED) is 0.727. The summed E-state index contributed by atoms with van der Waals surface area (Å²) in [6.07, 6.45) is 4.72. The first-order valence-electron chi connectivity index (χ1n) is 6.57. The van der Waals surface area contributed by atoms with Gasteiger partial charge in [0.2, 0.25) is 11.8 Å². The van der Waals surface area contributed by atoms with Crippen LogP contribution in [0.5, 0.6) is 0 Å². The number of aromatic nitrogens is 2. The number of aryl methyl sites for hydroxylation is 1. The minimum atomic E-state index is -0.189. The van der Waals surface area contributed by atoms with E-state index in [1.54, 1.807) is 35.0 Å². The summed E-state index contributed by atoms with van der Waals surface area (Å²) in [4.78, 5) is 21.3.